The van der Waals surface area contributed by atoms with Crippen LogP contribution in [0.2, 0.25) is 0 Å². The summed E-state index contributed by atoms with van der Waals surface area (Å²) in [6.07, 6.45) is 1.63. The van der Waals surface area contributed by atoms with Crippen LogP contribution in [0.25, 0.3) is 11.1 Å². The number of amides is 1. The van der Waals surface area contributed by atoms with Crippen molar-refractivity contribution in [3.05, 3.63) is 54.4 Å². The zero-order chi connectivity index (χ0) is 17.4. The molecule has 2 aliphatic heterocycles. The van der Waals surface area contributed by atoms with Gasteiger partial charge >= 0.3 is 0 Å². The van der Waals surface area contributed by atoms with Crippen LogP contribution in [0.4, 0.5) is 0 Å². The first kappa shape index (κ1) is 16.2. The van der Waals surface area contributed by atoms with Gasteiger partial charge < -0.3 is 14.4 Å². The van der Waals surface area contributed by atoms with E-state index in [1.54, 1.807) is 6.20 Å². The molecule has 0 unspecified atom stereocenters. The van der Waals surface area contributed by atoms with Crippen LogP contribution in [0, 0.1) is 0 Å². The lowest BCUT2D eigenvalue weighted by Gasteiger charge is -2.44. The highest BCUT2D eigenvalue weighted by Gasteiger charge is 2.46. The first-order valence-electron chi connectivity index (χ1n) is 8.61. The van der Waals surface area contributed by atoms with Gasteiger partial charge in [0.2, 0.25) is 0 Å². The summed E-state index contributed by atoms with van der Waals surface area (Å²) in [5.41, 5.74) is 2.14. The molecule has 2 fully saturated rings. The minimum atomic E-state index is -0.387. The molecule has 2 aromatic rings. The number of nitrogens with zero attached hydrogens (tertiary/aromatic N) is 2. The maximum Gasteiger partial charge on any atom is 0.272 e. The highest BCUT2D eigenvalue weighted by atomic mass is 16.6. The number of benzene rings is 1. The Morgan fingerprint density at radius 2 is 1.96 bits per heavy atom. The molecule has 130 valence electrons. The summed E-state index contributed by atoms with van der Waals surface area (Å²) in [6, 6.07) is 13.8. The number of morpholine rings is 1. The quantitative estimate of drug-likeness (QED) is 0.845. The van der Waals surface area contributed by atoms with Crippen molar-refractivity contribution in [3.63, 3.8) is 0 Å². The lowest BCUT2D eigenvalue weighted by atomic mass is 10.00. The Morgan fingerprint density at radius 3 is 2.76 bits per heavy atom. The molecule has 0 N–H and O–H groups in total. The van der Waals surface area contributed by atoms with Crippen LogP contribution in [-0.2, 0) is 9.47 Å². The van der Waals surface area contributed by atoms with E-state index in [-0.39, 0.29) is 23.7 Å². The third-order valence-electron chi connectivity index (χ3n) is 4.77. The average Bonchev–Trinajstić information content (AvgIpc) is 3.08. The van der Waals surface area contributed by atoms with Crippen molar-refractivity contribution < 1.29 is 14.3 Å². The van der Waals surface area contributed by atoms with Crippen LogP contribution in [0.5, 0.6) is 0 Å². The maximum absolute atomic E-state index is 13.2. The molecule has 2 atom stereocenters. The van der Waals surface area contributed by atoms with Crippen LogP contribution in [0.15, 0.2) is 48.7 Å². The fourth-order valence-corrected chi connectivity index (χ4v) is 3.63. The fourth-order valence-electron chi connectivity index (χ4n) is 3.63. The smallest absolute Gasteiger partial charge is 0.272 e. The van der Waals surface area contributed by atoms with Gasteiger partial charge in [0.15, 0.2) is 0 Å². The average molecular weight is 338 g/mol. The van der Waals surface area contributed by atoms with Crippen molar-refractivity contribution in [2.24, 2.45) is 0 Å². The number of carbonyl (C=O) groups excluding carboxylic acids is 1. The SMILES string of the molecule is CC1(C)CN(C(=O)c2cc(-c3ccccc3)ccn2)[C@@H]2COC[C@H]2O1. The Labute approximate surface area is 147 Å². The molecule has 5 nitrogen and oxygen atoms in total. The molecule has 3 heterocycles. The Bertz CT molecular complexity index is 776. The minimum Gasteiger partial charge on any atom is -0.376 e. The van der Waals surface area contributed by atoms with Gasteiger partial charge in [0.25, 0.3) is 5.91 Å². The molecule has 1 aromatic carbocycles. The highest BCUT2D eigenvalue weighted by molar-refractivity contribution is 5.94. The molecule has 2 saturated heterocycles. The van der Waals surface area contributed by atoms with Gasteiger partial charge in [0, 0.05) is 6.20 Å². The monoisotopic (exact) mass is 338 g/mol. The number of fused-ring (bicyclic) bond motifs is 1. The molecule has 1 aromatic heterocycles. The Kier molecular flexibility index (Phi) is 4.06. The number of rotatable bonds is 2. The second-order valence-electron chi connectivity index (χ2n) is 7.25. The van der Waals surface area contributed by atoms with Crippen molar-refractivity contribution in [1.82, 2.24) is 9.88 Å². The summed E-state index contributed by atoms with van der Waals surface area (Å²) in [4.78, 5) is 19.4. The number of hydrogen-bond acceptors (Lipinski definition) is 4. The fraction of sp³-hybridized carbons (Fsp3) is 0.400. The van der Waals surface area contributed by atoms with Gasteiger partial charge in [0.1, 0.15) is 11.8 Å². The van der Waals surface area contributed by atoms with Crippen LogP contribution in [-0.4, -0.2) is 53.3 Å². The standard InChI is InChI=1S/C20H22N2O3/c1-20(2)13-22(17-11-24-12-18(17)25-20)19(23)16-10-15(8-9-21-16)14-6-4-3-5-7-14/h3-10,17-18H,11-13H2,1-2H3/t17-,18-/m1/s1. The van der Waals surface area contributed by atoms with Gasteiger partial charge in [-0.25, -0.2) is 0 Å². The third-order valence-corrected chi connectivity index (χ3v) is 4.77. The van der Waals surface area contributed by atoms with Gasteiger partial charge in [-0.15, -0.1) is 0 Å². The van der Waals surface area contributed by atoms with Gasteiger partial charge in [-0.2, -0.15) is 0 Å². The van der Waals surface area contributed by atoms with Gasteiger partial charge in [-0.3, -0.25) is 9.78 Å². The molecule has 4 rings (SSSR count). The van der Waals surface area contributed by atoms with E-state index >= 15 is 0 Å². The molecule has 0 aliphatic carbocycles. The number of carbonyl (C=O) groups is 1. The van der Waals surface area contributed by atoms with E-state index in [1.807, 2.05) is 61.2 Å². The van der Waals surface area contributed by atoms with Gasteiger partial charge in [-0.05, 0) is 37.1 Å². The first-order chi connectivity index (χ1) is 12.0. The maximum atomic E-state index is 13.2. The number of pyridine rings is 1. The molecule has 0 bridgehead atoms. The highest BCUT2D eigenvalue weighted by Crippen LogP contribution is 2.31. The van der Waals surface area contributed by atoms with E-state index in [2.05, 4.69) is 4.98 Å². The summed E-state index contributed by atoms with van der Waals surface area (Å²) < 4.78 is 11.6. The zero-order valence-corrected chi connectivity index (χ0v) is 14.5. The van der Waals surface area contributed by atoms with Crippen molar-refractivity contribution in [3.8, 4) is 11.1 Å². The number of aromatic nitrogens is 1. The summed E-state index contributed by atoms with van der Waals surface area (Å²) in [7, 11) is 0. The van der Waals surface area contributed by atoms with Crippen molar-refractivity contribution in [1.29, 1.82) is 0 Å². The second-order valence-corrected chi connectivity index (χ2v) is 7.25. The summed E-state index contributed by atoms with van der Waals surface area (Å²) >= 11 is 0. The predicted molar refractivity (Wildman–Crippen MR) is 94.3 cm³/mol. The van der Waals surface area contributed by atoms with E-state index in [9.17, 15) is 4.79 Å². The summed E-state index contributed by atoms with van der Waals surface area (Å²) in [5.74, 6) is -0.0605. The van der Waals surface area contributed by atoms with Crippen molar-refractivity contribution in [2.45, 2.75) is 31.6 Å². The minimum absolute atomic E-state index is 0.0392. The molecule has 1 amide bonds. The largest absolute Gasteiger partial charge is 0.376 e. The van der Waals surface area contributed by atoms with Crippen LogP contribution < -0.4 is 0 Å². The molecule has 2 aliphatic rings. The Hall–Kier alpha value is -2.24. The van der Waals surface area contributed by atoms with Gasteiger partial charge in [0.05, 0.1) is 31.4 Å². The van der Waals surface area contributed by atoms with E-state index in [1.165, 1.54) is 0 Å². The zero-order valence-electron chi connectivity index (χ0n) is 14.5. The number of hydrogen-bond donors (Lipinski definition) is 0. The molecule has 0 radical (unpaired) electrons. The van der Waals surface area contributed by atoms with E-state index < -0.39 is 0 Å². The van der Waals surface area contributed by atoms with E-state index in [0.29, 0.717) is 25.5 Å². The lowest BCUT2D eigenvalue weighted by molar-refractivity contribution is -0.137. The lowest BCUT2D eigenvalue weighted by Crippen LogP contribution is -2.60. The molecule has 0 saturated carbocycles. The molecule has 25 heavy (non-hydrogen) atoms. The summed E-state index contributed by atoms with van der Waals surface area (Å²) in [5, 5.41) is 0. The number of ether oxygens (including phenoxy) is 2. The van der Waals surface area contributed by atoms with Crippen LogP contribution in [0.1, 0.15) is 24.3 Å². The molecule has 0 spiro atoms. The molecular formula is C20H22N2O3. The van der Waals surface area contributed by atoms with Crippen LogP contribution >= 0.6 is 0 Å². The second kappa shape index (κ2) is 6.24. The molecular weight excluding hydrogens is 316 g/mol. The van der Waals surface area contributed by atoms with Crippen molar-refractivity contribution >= 4 is 5.91 Å². The van der Waals surface area contributed by atoms with Crippen LogP contribution in [0.3, 0.4) is 0 Å². The van der Waals surface area contributed by atoms with E-state index in [0.717, 1.165) is 11.1 Å². The molecule has 5 heteroatoms. The Balaban J connectivity index is 1.64. The van der Waals surface area contributed by atoms with Crippen molar-refractivity contribution in [2.75, 3.05) is 19.8 Å². The van der Waals surface area contributed by atoms with E-state index in [4.69, 9.17) is 9.47 Å². The topological polar surface area (TPSA) is 51.7 Å². The Morgan fingerprint density at radius 1 is 1.16 bits per heavy atom. The predicted octanol–water partition coefficient (Wildman–Crippen LogP) is 2.77. The van der Waals surface area contributed by atoms with Gasteiger partial charge in [-0.1, -0.05) is 30.3 Å². The third kappa shape index (κ3) is 3.17. The first-order valence-corrected chi connectivity index (χ1v) is 8.61. The normalized spacial score (nSPS) is 24.8. The summed E-state index contributed by atoms with van der Waals surface area (Å²) in [6.45, 7) is 5.61.